The summed E-state index contributed by atoms with van der Waals surface area (Å²) in [5.74, 6) is 2.96. The second-order valence-electron chi connectivity index (χ2n) is 14.3. The standard InChI is InChI=1S/C42H47N7O8S/c1-27-15-17-49(47-27)26-55-18-19-56-32-23-29(22-31(24-32)53-5)44-39-25-30(14-16-43-39)57-38-13-12-35(33-10-8-9-11-34(33)38)45-41(50)46-36-20-28(42(2,3)4)21-37(40(36)54-6)48-58(7,51)52/h8-17,20-25,48H,18-19,26H2,1-7H3,(H,43,44)(H2,45,46,50). The quantitative estimate of drug-likeness (QED) is 0.0689. The van der Waals surface area contributed by atoms with E-state index in [2.05, 4.69) is 30.8 Å². The van der Waals surface area contributed by atoms with E-state index in [0.717, 1.165) is 28.3 Å². The van der Waals surface area contributed by atoms with Gasteiger partial charge in [0, 0.05) is 53.1 Å². The van der Waals surface area contributed by atoms with Crippen LogP contribution in [-0.4, -0.2) is 62.9 Å². The maximum Gasteiger partial charge on any atom is 0.323 e. The zero-order chi connectivity index (χ0) is 41.5. The number of hydrogen-bond acceptors (Lipinski definition) is 11. The molecule has 0 aliphatic carbocycles. The van der Waals surface area contributed by atoms with E-state index in [0.29, 0.717) is 65.8 Å². The van der Waals surface area contributed by atoms with Gasteiger partial charge in [0.2, 0.25) is 10.0 Å². The van der Waals surface area contributed by atoms with Crippen molar-refractivity contribution in [1.29, 1.82) is 0 Å². The van der Waals surface area contributed by atoms with Crippen molar-refractivity contribution in [3.8, 4) is 28.7 Å². The highest BCUT2D eigenvalue weighted by Gasteiger charge is 2.23. The number of anilines is 5. The van der Waals surface area contributed by atoms with E-state index in [1.54, 1.807) is 60.5 Å². The molecule has 0 aliphatic rings. The van der Waals surface area contributed by atoms with Gasteiger partial charge >= 0.3 is 6.03 Å². The van der Waals surface area contributed by atoms with E-state index in [1.165, 1.54) is 7.11 Å². The maximum atomic E-state index is 13.5. The van der Waals surface area contributed by atoms with Gasteiger partial charge in [0.1, 0.15) is 42.2 Å². The Morgan fingerprint density at radius 1 is 0.810 bits per heavy atom. The molecule has 4 aromatic carbocycles. The Morgan fingerprint density at radius 2 is 1.55 bits per heavy atom. The molecule has 6 aromatic rings. The number of aromatic nitrogens is 3. The third-order valence-corrected chi connectivity index (χ3v) is 9.27. The zero-order valence-electron chi connectivity index (χ0n) is 33.4. The molecule has 0 atom stereocenters. The number of nitrogens with one attached hydrogen (secondary N) is 4. The minimum absolute atomic E-state index is 0.173. The molecule has 4 N–H and O–H groups in total. The summed E-state index contributed by atoms with van der Waals surface area (Å²) in [5, 5.41) is 14.9. The molecule has 0 saturated heterocycles. The van der Waals surface area contributed by atoms with E-state index in [4.69, 9.17) is 23.7 Å². The van der Waals surface area contributed by atoms with Gasteiger partial charge in [-0.05, 0) is 54.3 Å². The fraction of sp³-hybridized carbons (Fsp3) is 0.262. The van der Waals surface area contributed by atoms with Crippen LogP contribution >= 0.6 is 0 Å². The molecule has 0 bridgehead atoms. The summed E-state index contributed by atoms with van der Waals surface area (Å²) in [7, 11) is -0.646. The van der Waals surface area contributed by atoms with Crippen LogP contribution in [0.3, 0.4) is 0 Å². The molecular weight excluding hydrogens is 763 g/mol. The van der Waals surface area contributed by atoms with Gasteiger partial charge in [-0.25, -0.2) is 22.9 Å². The van der Waals surface area contributed by atoms with Crippen LogP contribution in [0.1, 0.15) is 32.0 Å². The van der Waals surface area contributed by atoms with E-state index in [-0.39, 0.29) is 16.9 Å². The van der Waals surface area contributed by atoms with Crippen molar-refractivity contribution in [1.82, 2.24) is 14.8 Å². The van der Waals surface area contributed by atoms with Crippen molar-refractivity contribution in [3.63, 3.8) is 0 Å². The van der Waals surface area contributed by atoms with Crippen LogP contribution in [-0.2, 0) is 26.9 Å². The summed E-state index contributed by atoms with van der Waals surface area (Å²) in [4.78, 5) is 18.0. The first-order valence-electron chi connectivity index (χ1n) is 18.3. The van der Waals surface area contributed by atoms with Crippen molar-refractivity contribution in [2.75, 3.05) is 54.4 Å². The number of carbonyl (C=O) groups excluding carboxylic acids is 1. The average Bonchev–Trinajstić information content (AvgIpc) is 3.59. The molecule has 304 valence electrons. The fourth-order valence-electron chi connectivity index (χ4n) is 5.97. The Labute approximate surface area is 337 Å². The third-order valence-electron chi connectivity index (χ3n) is 8.68. The minimum atomic E-state index is -3.64. The highest BCUT2D eigenvalue weighted by Crippen LogP contribution is 2.40. The van der Waals surface area contributed by atoms with Gasteiger partial charge < -0.3 is 39.6 Å². The Balaban J connectivity index is 1.15. The van der Waals surface area contributed by atoms with E-state index in [1.807, 2.05) is 76.4 Å². The summed E-state index contributed by atoms with van der Waals surface area (Å²) in [5.41, 5.74) is 3.07. The lowest BCUT2D eigenvalue weighted by Crippen LogP contribution is -2.22. The molecule has 0 unspecified atom stereocenters. The first kappa shape index (κ1) is 41.1. The summed E-state index contributed by atoms with van der Waals surface area (Å²) in [6.07, 6.45) is 4.55. The van der Waals surface area contributed by atoms with Gasteiger partial charge in [-0.3, -0.25) is 4.72 Å². The molecule has 0 spiro atoms. The summed E-state index contributed by atoms with van der Waals surface area (Å²) in [6.45, 7) is 8.91. The van der Waals surface area contributed by atoms with Crippen molar-refractivity contribution < 1.29 is 36.9 Å². The van der Waals surface area contributed by atoms with Crippen LogP contribution in [0.2, 0.25) is 0 Å². The topological polar surface area (TPSA) is 176 Å². The van der Waals surface area contributed by atoms with Gasteiger partial charge in [-0.1, -0.05) is 45.0 Å². The Hall–Kier alpha value is -6.52. The van der Waals surface area contributed by atoms with Gasteiger partial charge in [0.25, 0.3) is 0 Å². The predicted octanol–water partition coefficient (Wildman–Crippen LogP) is 8.66. The van der Waals surface area contributed by atoms with Crippen molar-refractivity contribution in [2.45, 2.75) is 39.8 Å². The second-order valence-corrected chi connectivity index (χ2v) is 16.1. The normalized spacial score (nSPS) is 11.5. The lowest BCUT2D eigenvalue weighted by molar-refractivity contribution is 0.0471. The van der Waals surface area contributed by atoms with Gasteiger partial charge in [0.05, 0.1) is 49.8 Å². The maximum absolute atomic E-state index is 13.5. The van der Waals surface area contributed by atoms with Crippen molar-refractivity contribution in [2.24, 2.45) is 0 Å². The SMILES string of the molecule is COc1cc(Nc2cc(Oc3ccc(NC(=O)Nc4cc(C(C)(C)C)cc(NS(C)(=O)=O)c4OC)c4ccccc34)ccn2)cc(OCCOCn2ccc(C)n2)c1. The molecule has 16 heteroatoms. The number of methoxy groups -OCH3 is 2. The average molecular weight is 810 g/mol. The smallest absolute Gasteiger partial charge is 0.323 e. The predicted molar refractivity (Wildman–Crippen MR) is 226 cm³/mol. The number of nitrogens with zero attached hydrogens (tertiary/aromatic N) is 3. The molecule has 58 heavy (non-hydrogen) atoms. The van der Waals surface area contributed by atoms with Crippen LogP contribution in [0.4, 0.5) is 33.4 Å². The molecule has 0 aliphatic heterocycles. The van der Waals surface area contributed by atoms with Crippen LogP contribution in [0.25, 0.3) is 10.8 Å². The molecular formula is C42H47N7O8S. The third kappa shape index (κ3) is 10.9. The van der Waals surface area contributed by atoms with Crippen molar-refractivity contribution in [3.05, 3.63) is 109 Å². The number of rotatable bonds is 16. The van der Waals surface area contributed by atoms with Gasteiger partial charge in [-0.2, -0.15) is 5.10 Å². The van der Waals surface area contributed by atoms with Crippen LogP contribution in [0.15, 0.2) is 97.3 Å². The molecule has 15 nitrogen and oxygen atoms in total. The number of aryl methyl sites for hydroxylation is 1. The molecule has 0 radical (unpaired) electrons. The first-order chi connectivity index (χ1) is 27.7. The summed E-state index contributed by atoms with van der Waals surface area (Å²) >= 11 is 0. The number of ether oxygens (including phenoxy) is 5. The number of urea groups is 1. The molecule has 2 amide bonds. The fourth-order valence-corrected chi connectivity index (χ4v) is 6.52. The minimum Gasteiger partial charge on any atom is -0.497 e. The number of hydrogen-bond donors (Lipinski definition) is 4. The molecule has 6 rings (SSSR count). The molecule has 0 fully saturated rings. The van der Waals surface area contributed by atoms with Crippen LogP contribution in [0, 0.1) is 6.92 Å². The summed E-state index contributed by atoms with van der Waals surface area (Å²) in [6, 6.07) is 24.8. The number of carbonyl (C=O) groups is 1. The number of pyridine rings is 1. The largest absolute Gasteiger partial charge is 0.497 e. The molecule has 2 aromatic heterocycles. The van der Waals surface area contributed by atoms with E-state index in [9.17, 15) is 13.2 Å². The lowest BCUT2D eigenvalue weighted by Gasteiger charge is -2.24. The van der Waals surface area contributed by atoms with Gasteiger partial charge in [0.15, 0.2) is 5.75 Å². The number of fused-ring (bicyclic) bond motifs is 1. The van der Waals surface area contributed by atoms with E-state index >= 15 is 0 Å². The van der Waals surface area contributed by atoms with Crippen LogP contribution in [0.5, 0.6) is 28.7 Å². The number of benzene rings is 4. The number of amides is 2. The first-order valence-corrected chi connectivity index (χ1v) is 20.2. The Kier molecular flexibility index (Phi) is 12.6. The van der Waals surface area contributed by atoms with Crippen molar-refractivity contribution >= 4 is 55.4 Å². The Morgan fingerprint density at radius 3 is 2.26 bits per heavy atom. The summed E-state index contributed by atoms with van der Waals surface area (Å²) < 4.78 is 57.6. The highest BCUT2D eigenvalue weighted by atomic mass is 32.2. The monoisotopic (exact) mass is 809 g/mol. The molecule has 0 saturated carbocycles. The second kappa shape index (κ2) is 17.7. The lowest BCUT2D eigenvalue weighted by atomic mass is 9.86. The Bertz CT molecular complexity index is 2520. The number of sulfonamides is 1. The van der Waals surface area contributed by atoms with E-state index < -0.39 is 16.1 Å². The van der Waals surface area contributed by atoms with Crippen LogP contribution < -0.4 is 39.6 Å². The highest BCUT2D eigenvalue weighted by molar-refractivity contribution is 7.92. The molecule has 2 heterocycles. The van der Waals surface area contributed by atoms with Gasteiger partial charge in [-0.15, -0.1) is 0 Å². The zero-order valence-corrected chi connectivity index (χ0v) is 34.2.